The molecule has 0 saturated carbocycles. The fourth-order valence-corrected chi connectivity index (χ4v) is 1.50. The van der Waals surface area contributed by atoms with Crippen molar-refractivity contribution < 1.29 is 14.3 Å². The summed E-state index contributed by atoms with van der Waals surface area (Å²) in [6.07, 6.45) is 1.04. The second-order valence-corrected chi connectivity index (χ2v) is 3.76. The summed E-state index contributed by atoms with van der Waals surface area (Å²) < 4.78 is 11.6. The third-order valence-electron chi connectivity index (χ3n) is 2.36. The lowest BCUT2D eigenvalue weighted by atomic mass is 10.3. The summed E-state index contributed by atoms with van der Waals surface area (Å²) in [5.41, 5.74) is 5.62. The van der Waals surface area contributed by atoms with Crippen molar-refractivity contribution in [2.45, 2.75) is 25.8 Å². The van der Waals surface area contributed by atoms with Crippen LogP contribution >= 0.6 is 0 Å². The van der Waals surface area contributed by atoms with Gasteiger partial charge in [0.25, 0.3) is 5.91 Å². The Bertz CT molecular complexity index is 377. The maximum absolute atomic E-state index is 11.8. The number of rotatable bonds is 7. The van der Waals surface area contributed by atoms with Crippen LogP contribution in [-0.2, 0) is 16.0 Å². The first kappa shape index (κ1) is 14.6. The van der Waals surface area contributed by atoms with Crippen molar-refractivity contribution in [2.75, 3.05) is 20.8 Å². The predicted molar refractivity (Wildman–Crippen MR) is 63.8 cm³/mol. The Labute approximate surface area is 105 Å². The molecule has 8 heteroatoms. The van der Waals surface area contributed by atoms with Gasteiger partial charge in [0.05, 0.1) is 18.8 Å². The minimum absolute atomic E-state index is 0.237. The summed E-state index contributed by atoms with van der Waals surface area (Å²) in [5, 5.41) is 10.3. The van der Waals surface area contributed by atoms with Crippen LogP contribution in [0.1, 0.15) is 17.4 Å². The highest BCUT2D eigenvalue weighted by molar-refractivity contribution is 5.92. The van der Waals surface area contributed by atoms with Gasteiger partial charge < -0.3 is 20.5 Å². The van der Waals surface area contributed by atoms with E-state index in [2.05, 4.69) is 15.6 Å². The molecule has 0 bridgehead atoms. The summed E-state index contributed by atoms with van der Waals surface area (Å²) in [5.74, 6) is -0.329. The molecule has 0 radical (unpaired) electrons. The smallest absolute Gasteiger partial charge is 0.273 e. The molecule has 1 aromatic rings. The molecule has 1 rings (SSSR count). The Morgan fingerprint density at radius 3 is 2.78 bits per heavy atom. The third-order valence-corrected chi connectivity index (χ3v) is 2.36. The maximum Gasteiger partial charge on any atom is 0.273 e. The molecule has 1 atom stereocenters. The number of amides is 1. The van der Waals surface area contributed by atoms with E-state index in [4.69, 9.17) is 15.2 Å². The van der Waals surface area contributed by atoms with Gasteiger partial charge in [-0.05, 0) is 6.92 Å². The van der Waals surface area contributed by atoms with Crippen LogP contribution in [-0.4, -0.2) is 54.0 Å². The standard InChI is InChI=1S/C10H19N5O3/c1-7(10(17-2)18-3)12-9(16)8-6-15(5-4-11)14-13-8/h6-7,10H,4-5,11H2,1-3H3,(H,12,16). The van der Waals surface area contributed by atoms with E-state index in [9.17, 15) is 4.79 Å². The van der Waals surface area contributed by atoms with Gasteiger partial charge in [-0.3, -0.25) is 9.48 Å². The number of carbonyl (C=O) groups is 1. The van der Waals surface area contributed by atoms with Gasteiger partial charge in [-0.15, -0.1) is 5.10 Å². The molecule has 102 valence electrons. The van der Waals surface area contributed by atoms with Gasteiger partial charge in [0, 0.05) is 20.8 Å². The number of ether oxygens (including phenoxy) is 2. The SMILES string of the molecule is COC(OC)C(C)NC(=O)c1cn(CCN)nn1. The topological polar surface area (TPSA) is 104 Å². The van der Waals surface area contributed by atoms with Crippen LogP contribution in [0.4, 0.5) is 0 Å². The third kappa shape index (κ3) is 3.76. The van der Waals surface area contributed by atoms with E-state index in [1.165, 1.54) is 18.9 Å². The summed E-state index contributed by atoms with van der Waals surface area (Å²) in [6, 6.07) is -0.299. The molecule has 1 aromatic heterocycles. The highest BCUT2D eigenvalue weighted by atomic mass is 16.7. The molecule has 0 aliphatic heterocycles. The number of nitrogens with one attached hydrogen (secondary N) is 1. The molecule has 1 heterocycles. The van der Waals surface area contributed by atoms with Gasteiger partial charge >= 0.3 is 0 Å². The van der Waals surface area contributed by atoms with Crippen molar-refractivity contribution >= 4 is 5.91 Å². The largest absolute Gasteiger partial charge is 0.354 e. The first-order valence-corrected chi connectivity index (χ1v) is 5.59. The Hall–Kier alpha value is -1.51. The number of carbonyl (C=O) groups excluding carboxylic acids is 1. The van der Waals surface area contributed by atoms with Gasteiger partial charge in [0.2, 0.25) is 0 Å². The van der Waals surface area contributed by atoms with Crippen LogP contribution in [0.5, 0.6) is 0 Å². The zero-order valence-corrected chi connectivity index (χ0v) is 10.8. The normalized spacial score (nSPS) is 12.7. The second-order valence-electron chi connectivity index (χ2n) is 3.76. The summed E-state index contributed by atoms with van der Waals surface area (Å²) in [7, 11) is 3.02. The number of aromatic nitrogens is 3. The first-order valence-electron chi connectivity index (χ1n) is 5.59. The molecular weight excluding hydrogens is 238 g/mol. The number of nitrogens with two attached hydrogens (primary N) is 1. The van der Waals surface area contributed by atoms with E-state index in [1.807, 2.05) is 0 Å². The molecule has 0 fully saturated rings. The lowest BCUT2D eigenvalue weighted by Gasteiger charge is -2.21. The molecule has 18 heavy (non-hydrogen) atoms. The van der Waals surface area contributed by atoms with Crippen molar-refractivity contribution in [1.29, 1.82) is 0 Å². The molecule has 0 aliphatic carbocycles. The molecule has 8 nitrogen and oxygen atoms in total. The Balaban J connectivity index is 2.58. The van der Waals surface area contributed by atoms with Crippen molar-refractivity contribution in [1.82, 2.24) is 20.3 Å². The number of nitrogens with zero attached hydrogens (tertiary/aromatic N) is 3. The maximum atomic E-state index is 11.8. The van der Waals surface area contributed by atoms with Crippen molar-refractivity contribution in [3.05, 3.63) is 11.9 Å². The second kappa shape index (κ2) is 7.04. The molecular formula is C10H19N5O3. The fourth-order valence-electron chi connectivity index (χ4n) is 1.50. The van der Waals surface area contributed by atoms with E-state index in [0.29, 0.717) is 13.1 Å². The van der Waals surface area contributed by atoms with E-state index in [0.717, 1.165) is 0 Å². The molecule has 0 saturated heterocycles. The number of methoxy groups -OCH3 is 2. The van der Waals surface area contributed by atoms with Crippen LogP contribution in [0.2, 0.25) is 0 Å². The number of hydrogen-bond acceptors (Lipinski definition) is 6. The molecule has 0 spiro atoms. The van der Waals surface area contributed by atoms with Crippen LogP contribution in [0, 0.1) is 0 Å². The van der Waals surface area contributed by atoms with Gasteiger partial charge in [-0.1, -0.05) is 5.21 Å². The van der Waals surface area contributed by atoms with Gasteiger partial charge in [-0.2, -0.15) is 0 Å². The average molecular weight is 257 g/mol. The Morgan fingerprint density at radius 1 is 1.56 bits per heavy atom. The lowest BCUT2D eigenvalue weighted by molar-refractivity contribution is -0.117. The summed E-state index contributed by atoms with van der Waals surface area (Å²) in [6.45, 7) is 2.74. The van der Waals surface area contributed by atoms with E-state index >= 15 is 0 Å². The predicted octanol–water partition coefficient (Wildman–Crippen LogP) is -1.03. The summed E-state index contributed by atoms with van der Waals surface area (Å²) >= 11 is 0. The summed E-state index contributed by atoms with van der Waals surface area (Å²) in [4.78, 5) is 11.8. The molecule has 1 unspecified atom stereocenters. The fraction of sp³-hybridized carbons (Fsp3) is 0.700. The highest BCUT2D eigenvalue weighted by Gasteiger charge is 2.20. The van der Waals surface area contributed by atoms with Crippen molar-refractivity contribution in [3.63, 3.8) is 0 Å². The lowest BCUT2D eigenvalue weighted by Crippen LogP contribution is -2.43. The Kier molecular flexibility index (Phi) is 5.69. The highest BCUT2D eigenvalue weighted by Crippen LogP contribution is 2.00. The van der Waals surface area contributed by atoms with Crippen molar-refractivity contribution in [3.8, 4) is 0 Å². The average Bonchev–Trinajstić information content (AvgIpc) is 2.79. The van der Waals surface area contributed by atoms with E-state index in [1.54, 1.807) is 13.1 Å². The van der Waals surface area contributed by atoms with E-state index < -0.39 is 6.29 Å². The first-order chi connectivity index (χ1) is 8.62. The number of hydrogen-bond donors (Lipinski definition) is 2. The van der Waals surface area contributed by atoms with Crippen molar-refractivity contribution in [2.24, 2.45) is 5.73 Å². The van der Waals surface area contributed by atoms with Crippen LogP contribution in [0.25, 0.3) is 0 Å². The molecule has 0 aromatic carbocycles. The van der Waals surface area contributed by atoms with Gasteiger partial charge in [0.1, 0.15) is 0 Å². The van der Waals surface area contributed by atoms with E-state index in [-0.39, 0.29) is 17.6 Å². The van der Waals surface area contributed by atoms with Gasteiger partial charge in [-0.25, -0.2) is 0 Å². The minimum Gasteiger partial charge on any atom is -0.354 e. The Morgan fingerprint density at radius 2 is 2.22 bits per heavy atom. The van der Waals surface area contributed by atoms with Crippen LogP contribution < -0.4 is 11.1 Å². The zero-order valence-electron chi connectivity index (χ0n) is 10.8. The molecule has 1 amide bonds. The zero-order chi connectivity index (χ0) is 13.5. The van der Waals surface area contributed by atoms with Crippen LogP contribution in [0.15, 0.2) is 6.20 Å². The quantitative estimate of drug-likeness (QED) is 0.605. The van der Waals surface area contributed by atoms with Gasteiger partial charge in [0.15, 0.2) is 12.0 Å². The monoisotopic (exact) mass is 257 g/mol. The molecule has 0 aliphatic rings. The van der Waals surface area contributed by atoms with Crippen LogP contribution in [0.3, 0.4) is 0 Å². The molecule has 3 N–H and O–H groups in total. The minimum atomic E-state index is -0.506.